The highest BCUT2D eigenvalue weighted by Crippen LogP contribution is 2.29. The average Bonchev–Trinajstić information content (AvgIpc) is 2.37. The standard InChI is InChI=1S/C13H16F3NO/c14-13(15,16)12-3-1-2-11(10-12)4-5-17-6-8-18-9-7-17/h1-3,10H,4-9H2. The van der Waals surface area contributed by atoms with Crippen molar-refractivity contribution >= 4 is 0 Å². The summed E-state index contributed by atoms with van der Waals surface area (Å²) in [7, 11) is 0. The van der Waals surface area contributed by atoms with Crippen molar-refractivity contribution in [3.8, 4) is 0 Å². The van der Waals surface area contributed by atoms with Crippen LogP contribution < -0.4 is 0 Å². The van der Waals surface area contributed by atoms with Crippen LogP contribution in [0.1, 0.15) is 11.1 Å². The molecule has 1 aliphatic rings. The van der Waals surface area contributed by atoms with Gasteiger partial charge in [0.1, 0.15) is 0 Å². The lowest BCUT2D eigenvalue weighted by Gasteiger charge is -2.26. The van der Waals surface area contributed by atoms with Gasteiger partial charge in [-0.2, -0.15) is 13.2 Å². The first-order valence-corrected chi connectivity index (χ1v) is 6.02. The Labute approximate surface area is 104 Å². The van der Waals surface area contributed by atoms with Gasteiger partial charge in [-0.05, 0) is 18.1 Å². The Balaban J connectivity index is 1.92. The maximum absolute atomic E-state index is 12.5. The number of benzene rings is 1. The van der Waals surface area contributed by atoms with Gasteiger partial charge < -0.3 is 4.74 Å². The molecule has 1 aliphatic heterocycles. The maximum Gasteiger partial charge on any atom is 0.416 e. The molecule has 0 saturated carbocycles. The number of halogens is 3. The largest absolute Gasteiger partial charge is 0.416 e. The molecule has 1 saturated heterocycles. The highest BCUT2D eigenvalue weighted by atomic mass is 19.4. The van der Waals surface area contributed by atoms with E-state index in [1.807, 2.05) is 0 Å². The van der Waals surface area contributed by atoms with Gasteiger partial charge in [-0.25, -0.2) is 0 Å². The van der Waals surface area contributed by atoms with E-state index >= 15 is 0 Å². The van der Waals surface area contributed by atoms with Gasteiger partial charge in [-0.15, -0.1) is 0 Å². The number of hydrogen-bond acceptors (Lipinski definition) is 2. The van der Waals surface area contributed by atoms with E-state index in [0.717, 1.165) is 31.3 Å². The van der Waals surface area contributed by atoms with Crippen LogP contribution in [0.3, 0.4) is 0 Å². The van der Waals surface area contributed by atoms with Gasteiger partial charge in [-0.3, -0.25) is 4.90 Å². The normalized spacial score (nSPS) is 17.9. The first-order chi connectivity index (χ1) is 8.55. The van der Waals surface area contributed by atoms with Crippen LogP contribution in [-0.2, 0) is 17.3 Å². The van der Waals surface area contributed by atoms with Crippen LogP contribution in [0, 0.1) is 0 Å². The predicted octanol–water partition coefficient (Wildman–Crippen LogP) is 2.58. The van der Waals surface area contributed by atoms with Gasteiger partial charge in [0.2, 0.25) is 0 Å². The summed E-state index contributed by atoms with van der Waals surface area (Å²) >= 11 is 0. The summed E-state index contributed by atoms with van der Waals surface area (Å²) in [4.78, 5) is 2.21. The third kappa shape index (κ3) is 3.71. The van der Waals surface area contributed by atoms with Crippen molar-refractivity contribution in [2.75, 3.05) is 32.8 Å². The van der Waals surface area contributed by atoms with Crippen LogP contribution in [0.4, 0.5) is 13.2 Å². The predicted molar refractivity (Wildman–Crippen MR) is 62.4 cm³/mol. The Morgan fingerprint density at radius 1 is 1.17 bits per heavy atom. The molecule has 1 aromatic carbocycles. The van der Waals surface area contributed by atoms with Crippen molar-refractivity contribution < 1.29 is 17.9 Å². The number of nitrogens with zero attached hydrogens (tertiary/aromatic N) is 1. The molecule has 0 bridgehead atoms. The zero-order valence-corrected chi connectivity index (χ0v) is 10.0. The molecule has 0 atom stereocenters. The van der Waals surface area contributed by atoms with Gasteiger partial charge in [-0.1, -0.05) is 18.2 Å². The van der Waals surface area contributed by atoms with Crippen molar-refractivity contribution in [3.63, 3.8) is 0 Å². The third-order valence-electron chi connectivity index (χ3n) is 3.07. The van der Waals surface area contributed by atoms with Crippen LogP contribution in [-0.4, -0.2) is 37.7 Å². The average molecular weight is 259 g/mol. The van der Waals surface area contributed by atoms with Gasteiger partial charge in [0, 0.05) is 19.6 Å². The second-order valence-electron chi connectivity index (χ2n) is 4.40. The first-order valence-electron chi connectivity index (χ1n) is 6.02. The summed E-state index contributed by atoms with van der Waals surface area (Å²) in [5.41, 5.74) is 0.165. The Morgan fingerprint density at radius 2 is 1.89 bits per heavy atom. The van der Waals surface area contributed by atoms with Crippen molar-refractivity contribution in [2.45, 2.75) is 12.6 Å². The third-order valence-corrected chi connectivity index (χ3v) is 3.07. The maximum atomic E-state index is 12.5. The van der Waals surface area contributed by atoms with E-state index in [9.17, 15) is 13.2 Å². The molecular formula is C13H16F3NO. The van der Waals surface area contributed by atoms with E-state index in [1.54, 1.807) is 6.07 Å². The highest BCUT2D eigenvalue weighted by molar-refractivity contribution is 5.25. The Bertz CT molecular complexity index is 386. The minimum Gasteiger partial charge on any atom is -0.379 e. The van der Waals surface area contributed by atoms with Gasteiger partial charge in [0.05, 0.1) is 18.8 Å². The zero-order valence-electron chi connectivity index (χ0n) is 10.0. The van der Waals surface area contributed by atoms with Crippen molar-refractivity contribution in [1.29, 1.82) is 0 Å². The molecule has 0 aromatic heterocycles. The Hall–Kier alpha value is -1.07. The summed E-state index contributed by atoms with van der Waals surface area (Å²) in [6, 6.07) is 5.56. The van der Waals surface area contributed by atoms with Crippen LogP contribution >= 0.6 is 0 Å². The SMILES string of the molecule is FC(F)(F)c1cccc(CCN2CCOCC2)c1. The van der Waals surface area contributed by atoms with Crippen LogP contribution in [0.15, 0.2) is 24.3 Å². The molecule has 18 heavy (non-hydrogen) atoms. The smallest absolute Gasteiger partial charge is 0.379 e. The lowest BCUT2D eigenvalue weighted by molar-refractivity contribution is -0.137. The molecule has 0 radical (unpaired) electrons. The molecule has 0 N–H and O–H groups in total. The van der Waals surface area contributed by atoms with Crippen molar-refractivity contribution in [2.24, 2.45) is 0 Å². The number of ether oxygens (including phenoxy) is 1. The number of hydrogen-bond donors (Lipinski definition) is 0. The van der Waals surface area contributed by atoms with Crippen molar-refractivity contribution in [3.05, 3.63) is 35.4 Å². The quantitative estimate of drug-likeness (QED) is 0.827. The fourth-order valence-electron chi connectivity index (χ4n) is 2.02. The molecule has 100 valence electrons. The molecule has 5 heteroatoms. The summed E-state index contributed by atoms with van der Waals surface area (Å²) < 4.78 is 42.8. The lowest BCUT2D eigenvalue weighted by atomic mass is 10.1. The van der Waals surface area contributed by atoms with E-state index in [1.165, 1.54) is 12.1 Å². The number of rotatable bonds is 3. The molecule has 1 fully saturated rings. The van der Waals surface area contributed by atoms with Crippen molar-refractivity contribution in [1.82, 2.24) is 4.90 Å². The second kappa shape index (κ2) is 5.71. The summed E-state index contributed by atoms with van der Waals surface area (Å²) in [6.07, 6.45) is -3.61. The molecule has 0 spiro atoms. The molecule has 2 nitrogen and oxygen atoms in total. The lowest BCUT2D eigenvalue weighted by Crippen LogP contribution is -2.37. The zero-order chi connectivity index (χ0) is 13.0. The summed E-state index contributed by atoms with van der Waals surface area (Å²) in [6.45, 7) is 3.92. The minimum atomic E-state index is -4.25. The van der Waals surface area contributed by atoms with Gasteiger partial charge in [0.15, 0.2) is 0 Å². The van der Waals surface area contributed by atoms with E-state index in [-0.39, 0.29) is 0 Å². The Kier molecular flexibility index (Phi) is 4.24. The Morgan fingerprint density at radius 3 is 2.56 bits per heavy atom. The fraction of sp³-hybridized carbons (Fsp3) is 0.538. The summed E-state index contributed by atoms with van der Waals surface area (Å²) in [5, 5.41) is 0. The van der Waals surface area contributed by atoms with Gasteiger partial charge in [0.25, 0.3) is 0 Å². The first kappa shape index (κ1) is 13.4. The molecule has 0 unspecified atom stereocenters. The minimum absolute atomic E-state index is 0.568. The fourth-order valence-corrected chi connectivity index (χ4v) is 2.02. The second-order valence-corrected chi connectivity index (χ2v) is 4.40. The molecule has 1 aromatic rings. The molecule has 0 amide bonds. The van der Waals surface area contributed by atoms with E-state index in [2.05, 4.69) is 4.90 Å². The molecule has 1 heterocycles. The van der Waals surface area contributed by atoms with E-state index in [4.69, 9.17) is 4.74 Å². The molecule has 2 rings (SSSR count). The molecule has 0 aliphatic carbocycles. The highest BCUT2D eigenvalue weighted by Gasteiger charge is 2.30. The van der Waals surface area contributed by atoms with Crippen LogP contribution in [0.5, 0.6) is 0 Å². The topological polar surface area (TPSA) is 12.5 Å². The van der Waals surface area contributed by atoms with E-state index in [0.29, 0.717) is 19.6 Å². The van der Waals surface area contributed by atoms with Crippen LogP contribution in [0.2, 0.25) is 0 Å². The van der Waals surface area contributed by atoms with Gasteiger partial charge >= 0.3 is 6.18 Å². The molecular weight excluding hydrogens is 243 g/mol. The monoisotopic (exact) mass is 259 g/mol. The number of morpholine rings is 1. The number of alkyl halides is 3. The van der Waals surface area contributed by atoms with Crippen LogP contribution in [0.25, 0.3) is 0 Å². The van der Waals surface area contributed by atoms with E-state index < -0.39 is 11.7 Å². The summed E-state index contributed by atoms with van der Waals surface area (Å²) in [5.74, 6) is 0.